The molecule has 0 aliphatic heterocycles. The Hall–Kier alpha value is -1.75. The van der Waals surface area contributed by atoms with Gasteiger partial charge < -0.3 is 9.84 Å². The Morgan fingerprint density at radius 2 is 1.92 bits per heavy atom. The third-order valence-corrected chi connectivity index (χ3v) is 5.71. The van der Waals surface area contributed by atoms with Gasteiger partial charge in [-0.05, 0) is 31.9 Å². The summed E-state index contributed by atoms with van der Waals surface area (Å²) in [6.07, 6.45) is 8.53. The van der Waals surface area contributed by atoms with E-state index in [-0.39, 0.29) is 5.91 Å². The Balaban J connectivity index is 1.63. The minimum Gasteiger partial charge on any atom is -0.360 e. The molecule has 1 amide bonds. The predicted octanol–water partition coefficient (Wildman–Crippen LogP) is 5.12. The number of nitrogens with one attached hydrogen (secondary N) is 1. The number of thioether (sulfide) groups is 1. The van der Waals surface area contributed by atoms with E-state index in [1.807, 2.05) is 37.3 Å². The molecule has 1 N–H and O–H groups in total. The standard InChI is InChI=1S/C20H26N2O2S/c1-15-13-17(24-22-15)14-25-19-12-8-7-11-18(19)20(23)21-16-9-5-3-2-4-6-10-16/h7-8,11-13,16H,2-6,9-10,14H2,1H3,(H,21,23). The van der Waals surface area contributed by atoms with Crippen molar-refractivity contribution in [1.29, 1.82) is 0 Å². The van der Waals surface area contributed by atoms with Crippen molar-refractivity contribution in [1.82, 2.24) is 10.5 Å². The van der Waals surface area contributed by atoms with E-state index < -0.39 is 0 Å². The van der Waals surface area contributed by atoms with Crippen LogP contribution in [0.4, 0.5) is 0 Å². The van der Waals surface area contributed by atoms with Gasteiger partial charge in [0.15, 0.2) is 0 Å². The molecule has 0 radical (unpaired) electrons. The van der Waals surface area contributed by atoms with Gasteiger partial charge >= 0.3 is 0 Å². The molecule has 1 saturated carbocycles. The van der Waals surface area contributed by atoms with E-state index in [2.05, 4.69) is 10.5 Å². The number of rotatable bonds is 5. The van der Waals surface area contributed by atoms with E-state index in [1.165, 1.54) is 32.1 Å². The summed E-state index contributed by atoms with van der Waals surface area (Å²) in [7, 11) is 0. The van der Waals surface area contributed by atoms with Crippen molar-refractivity contribution in [2.24, 2.45) is 0 Å². The van der Waals surface area contributed by atoms with Gasteiger partial charge in [0.05, 0.1) is 17.0 Å². The van der Waals surface area contributed by atoms with Crippen molar-refractivity contribution in [3.8, 4) is 0 Å². The Morgan fingerprint density at radius 3 is 2.64 bits per heavy atom. The number of benzene rings is 1. The zero-order valence-electron chi connectivity index (χ0n) is 14.8. The summed E-state index contributed by atoms with van der Waals surface area (Å²) in [5, 5.41) is 7.17. The molecule has 1 aromatic carbocycles. The van der Waals surface area contributed by atoms with E-state index in [4.69, 9.17) is 4.52 Å². The molecule has 3 rings (SSSR count). The van der Waals surface area contributed by atoms with Gasteiger partial charge in [-0.15, -0.1) is 11.8 Å². The van der Waals surface area contributed by atoms with Gasteiger partial charge in [0.2, 0.25) is 0 Å². The molecule has 5 heteroatoms. The van der Waals surface area contributed by atoms with Gasteiger partial charge in [0.1, 0.15) is 5.76 Å². The van der Waals surface area contributed by atoms with Crippen molar-refractivity contribution in [3.05, 3.63) is 47.3 Å². The van der Waals surface area contributed by atoms with E-state index >= 15 is 0 Å². The summed E-state index contributed by atoms with van der Waals surface area (Å²) in [4.78, 5) is 13.8. The minimum absolute atomic E-state index is 0.0439. The zero-order chi connectivity index (χ0) is 17.5. The number of aryl methyl sites for hydroxylation is 1. The van der Waals surface area contributed by atoms with Gasteiger partial charge in [-0.25, -0.2) is 0 Å². The highest BCUT2D eigenvalue weighted by Gasteiger charge is 2.17. The molecular weight excluding hydrogens is 332 g/mol. The van der Waals surface area contributed by atoms with Crippen molar-refractivity contribution < 1.29 is 9.32 Å². The highest BCUT2D eigenvalue weighted by atomic mass is 32.2. The Labute approximate surface area is 153 Å². The van der Waals surface area contributed by atoms with Crippen LogP contribution in [0.25, 0.3) is 0 Å². The van der Waals surface area contributed by atoms with Gasteiger partial charge in [-0.2, -0.15) is 0 Å². The molecule has 0 saturated heterocycles. The topological polar surface area (TPSA) is 55.1 Å². The Kier molecular flexibility index (Phi) is 6.56. The fourth-order valence-corrected chi connectivity index (χ4v) is 4.20. The lowest BCUT2D eigenvalue weighted by molar-refractivity contribution is 0.0927. The van der Waals surface area contributed by atoms with E-state index in [9.17, 15) is 4.79 Å². The van der Waals surface area contributed by atoms with Crippen molar-refractivity contribution in [2.75, 3.05) is 0 Å². The van der Waals surface area contributed by atoms with E-state index in [1.54, 1.807) is 11.8 Å². The lowest BCUT2D eigenvalue weighted by Crippen LogP contribution is -2.35. The minimum atomic E-state index is 0.0439. The molecule has 0 atom stereocenters. The van der Waals surface area contributed by atoms with Crippen LogP contribution in [-0.2, 0) is 5.75 Å². The normalized spacial score (nSPS) is 16.2. The van der Waals surface area contributed by atoms with Crippen molar-refractivity contribution >= 4 is 17.7 Å². The average Bonchev–Trinajstić information content (AvgIpc) is 3.01. The second-order valence-corrected chi connectivity index (χ2v) is 7.75. The largest absolute Gasteiger partial charge is 0.360 e. The van der Waals surface area contributed by atoms with E-state index in [0.29, 0.717) is 11.8 Å². The first-order chi connectivity index (χ1) is 12.2. The lowest BCUT2D eigenvalue weighted by atomic mass is 9.96. The third-order valence-electron chi connectivity index (χ3n) is 4.62. The molecule has 1 aromatic heterocycles. The van der Waals surface area contributed by atoms with Crippen molar-refractivity contribution in [2.45, 2.75) is 68.6 Å². The van der Waals surface area contributed by atoms with Crippen LogP contribution >= 0.6 is 11.8 Å². The quantitative estimate of drug-likeness (QED) is 0.754. The molecule has 1 fully saturated rings. The molecule has 1 aliphatic carbocycles. The molecular formula is C20H26N2O2S. The van der Waals surface area contributed by atoms with Crippen LogP contribution in [0.2, 0.25) is 0 Å². The number of carbonyl (C=O) groups excluding carboxylic acids is 1. The summed E-state index contributed by atoms with van der Waals surface area (Å²) >= 11 is 1.62. The Morgan fingerprint density at radius 1 is 1.20 bits per heavy atom. The molecule has 2 aromatic rings. The summed E-state index contributed by atoms with van der Waals surface area (Å²) in [6.45, 7) is 1.91. The predicted molar refractivity (Wildman–Crippen MR) is 101 cm³/mol. The number of hydrogen-bond donors (Lipinski definition) is 1. The highest BCUT2D eigenvalue weighted by molar-refractivity contribution is 7.98. The van der Waals surface area contributed by atoms with Gasteiger partial charge in [-0.1, -0.05) is 49.4 Å². The van der Waals surface area contributed by atoms with Crippen LogP contribution in [0.1, 0.15) is 66.8 Å². The molecule has 134 valence electrons. The molecule has 0 unspecified atom stereocenters. The second kappa shape index (κ2) is 9.09. The molecule has 4 nitrogen and oxygen atoms in total. The summed E-state index contributed by atoms with van der Waals surface area (Å²) in [5.74, 6) is 1.55. The fourth-order valence-electron chi connectivity index (χ4n) is 3.28. The number of nitrogens with zero attached hydrogens (tertiary/aromatic N) is 1. The number of amides is 1. The third kappa shape index (κ3) is 5.36. The van der Waals surface area contributed by atoms with Crippen LogP contribution < -0.4 is 5.32 Å². The first-order valence-electron chi connectivity index (χ1n) is 9.17. The maximum absolute atomic E-state index is 12.8. The summed E-state index contributed by atoms with van der Waals surface area (Å²) < 4.78 is 5.26. The average molecular weight is 359 g/mol. The second-order valence-electron chi connectivity index (χ2n) is 6.73. The first-order valence-corrected chi connectivity index (χ1v) is 10.2. The van der Waals surface area contributed by atoms with Gasteiger partial charge in [-0.3, -0.25) is 4.79 Å². The molecule has 1 heterocycles. The first kappa shape index (κ1) is 18.1. The van der Waals surface area contributed by atoms with Gasteiger partial charge in [0, 0.05) is 17.0 Å². The van der Waals surface area contributed by atoms with Crippen LogP contribution in [-0.4, -0.2) is 17.1 Å². The zero-order valence-corrected chi connectivity index (χ0v) is 15.6. The van der Waals surface area contributed by atoms with Gasteiger partial charge in [0.25, 0.3) is 5.91 Å². The molecule has 0 bridgehead atoms. The number of hydrogen-bond acceptors (Lipinski definition) is 4. The number of carbonyl (C=O) groups is 1. The van der Waals surface area contributed by atoms with Crippen LogP contribution in [0.15, 0.2) is 39.8 Å². The smallest absolute Gasteiger partial charge is 0.252 e. The van der Waals surface area contributed by atoms with E-state index in [0.717, 1.165) is 34.8 Å². The lowest BCUT2D eigenvalue weighted by Gasteiger charge is -2.21. The SMILES string of the molecule is Cc1cc(CSc2ccccc2C(=O)NC2CCCCCCC2)on1. The van der Waals surface area contributed by atoms with Crippen LogP contribution in [0, 0.1) is 6.92 Å². The summed E-state index contributed by atoms with van der Waals surface area (Å²) in [6, 6.07) is 10.1. The van der Waals surface area contributed by atoms with Crippen LogP contribution in [0.5, 0.6) is 0 Å². The Bertz CT molecular complexity index is 691. The molecule has 1 aliphatic rings. The maximum atomic E-state index is 12.8. The number of aromatic nitrogens is 1. The van der Waals surface area contributed by atoms with Crippen LogP contribution in [0.3, 0.4) is 0 Å². The maximum Gasteiger partial charge on any atom is 0.252 e. The molecule has 0 spiro atoms. The van der Waals surface area contributed by atoms with Crippen molar-refractivity contribution in [3.63, 3.8) is 0 Å². The molecule has 25 heavy (non-hydrogen) atoms. The monoisotopic (exact) mass is 358 g/mol. The highest BCUT2D eigenvalue weighted by Crippen LogP contribution is 2.27. The fraction of sp³-hybridized carbons (Fsp3) is 0.500. The summed E-state index contributed by atoms with van der Waals surface area (Å²) in [5.41, 5.74) is 1.64.